The summed E-state index contributed by atoms with van der Waals surface area (Å²) in [5, 5.41) is -0.185. The third-order valence-electron chi connectivity index (χ3n) is 2.02. The molecule has 0 atom stereocenters. The molecule has 0 aromatic rings. The van der Waals surface area contributed by atoms with Gasteiger partial charge in [0.1, 0.15) is 6.34 Å². The van der Waals surface area contributed by atoms with Crippen molar-refractivity contribution in [1.29, 1.82) is 0 Å². The normalized spacial score (nSPS) is 14.9. The van der Waals surface area contributed by atoms with Gasteiger partial charge in [0.05, 0.1) is 0 Å². The Kier molecular flexibility index (Phi) is 3.54. The Bertz CT molecular complexity index is 180. The van der Waals surface area contributed by atoms with Gasteiger partial charge < -0.3 is 4.57 Å². The summed E-state index contributed by atoms with van der Waals surface area (Å²) in [5.74, 6) is 0. The molecule has 74 valence electrons. The van der Waals surface area contributed by atoms with Crippen molar-refractivity contribution >= 4 is 17.7 Å². The van der Waals surface area contributed by atoms with Crippen LogP contribution in [0.1, 0.15) is 41.5 Å². The Labute approximate surface area is 80.8 Å². The summed E-state index contributed by atoms with van der Waals surface area (Å²) in [6.45, 7) is 12.4. The lowest BCUT2D eigenvalue weighted by molar-refractivity contribution is 0.534. The van der Waals surface area contributed by atoms with Crippen LogP contribution in [0.5, 0.6) is 0 Å². The van der Waals surface area contributed by atoms with Crippen LogP contribution in [0.15, 0.2) is 0 Å². The van der Waals surface area contributed by atoms with Gasteiger partial charge in [-0.25, -0.2) is 0 Å². The molecule has 0 aliphatic heterocycles. The molecule has 0 aromatic heterocycles. The van der Waals surface area contributed by atoms with E-state index in [1.165, 1.54) is 0 Å². The molecule has 0 unspecified atom stereocenters. The van der Waals surface area contributed by atoms with Gasteiger partial charge in [0.15, 0.2) is 0 Å². The minimum Gasteiger partial charge on any atom is -0.311 e. The number of rotatable bonds is 1. The zero-order valence-electron chi connectivity index (χ0n) is 9.26. The van der Waals surface area contributed by atoms with Gasteiger partial charge in [0.2, 0.25) is 0 Å². The zero-order chi connectivity index (χ0) is 10.2. The van der Waals surface area contributed by atoms with Crippen LogP contribution in [-0.2, 0) is 4.57 Å². The molecule has 0 spiro atoms. The van der Waals surface area contributed by atoms with E-state index in [0.29, 0.717) is 0 Å². The molecule has 1 nitrogen and oxygen atoms in total. The maximum absolute atomic E-state index is 12.6. The van der Waals surface area contributed by atoms with Gasteiger partial charge >= 0.3 is 0 Å². The van der Waals surface area contributed by atoms with Crippen LogP contribution in [0.25, 0.3) is 0 Å². The van der Waals surface area contributed by atoms with Crippen LogP contribution in [-0.4, -0.2) is 16.6 Å². The molecule has 0 aliphatic carbocycles. The van der Waals surface area contributed by atoms with Crippen LogP contribution in [0.2, 0.25) is 0 Å². The second-order valence-electron chi connectivity index (χ2n) is 5.08. The fourth-order valence-electron chi connectivity index (χ4n) is 1.55. The molecule has 0 saturated carbocycles. The first-order valence-electron chi connectivity index (χ1n) is 4.22. The van der Waals surface area contributed by atoms with Gasteiger partial charge in [-0.2, -0.15) is 0 Å². The quantitative estimate of drug-likeness (QED) is 0.600. The van der Waals surface area contributed by atoms with Crippen molar-refractivity contribution < 1.29 is 4.57 Å². The number of hydrogen-bond donors (Lipinski definition) is 0. The van der Waals surface area contributed by atoms with Crippen LogP contribution in [0.3, 0.4) is 0 Å². The predicted molar refractivity (Wildman–Crippen MR) is 60.6 cm³/mol. The lowest BCUT2D eigenvalue weighted by Gasteiger charge is -2.39. The highest BCUT2D eigenvalue weighted by molar-refractivity contribution is 8.58. The van der Waals surface area contributed by atoms with E-state index in [2.05, 4.69) is 41.5 Å². The van der Waals surface area contributed by atoms with E-state index < -0.39 is 6.34 Å². The Morgan fingerprint density at radius 3 is 1.17 bits per heavy atom. The molecule has 0 bridgehead atoms. The molecule has 0 N–H and O–H groups in total. The average Bonchev–Trinajstić information content (AvgIpc) is 1.81. The topological polar surface area (TPSA) is 17.1 Å². The van der Waals surface area contributed by atoms with Crippen molar-refractivity contribution in [3.8, 4) is 0 Å². The van der Waals surface area contributed by atoms with Gasteiger partial charge in [-0.3, -0.25) is 0 Å². The maximum Gasteiger partial charge on any atom is 0.149 e. The van der Waals surface area contributed by atoms with Crippen LogP contribution < -0.4 is 0 Å². The fraction of sp³-hybridized carbons (Fsp3) is 1.00. The molecule has 0 fully saturated rings. The van der Waals surface area contributed by atoms with Crippen LogP contribution >= 0.6 is 17.7 Å². The van der Waals surface area contributed by atoms with E-state index in [0.717, 1.165) is 0 Å². The van der Waals surface area contributed by atoms with Crippen LogP contribution in [0.4, 0.5) is 0 Å². The van der Waals surface area contributed by atoms with Gasteiger partial charge in [-0.1, -0.05) is 52.9 Å². The third kappa shape index (κ3) is 2.09. The zero-order valence-corrected chi connectivity index (χ0v) is 11.0. The first-order valence-corrected chi connectivity index (χ1v) is 7.76. The van der Waals surface area contributed by atoms with E-state index in [4.69, 9.17) is 0 Å². The van der Waals surface area contributed by atoms with Crippen molar-refractivity contribution in [3.05, 3.63) is 0 Å². The molecule has 0 rings (SSSR count). The second kappa shape index (κ2) is 3.38. The predicted octanol–water partition coefficient (Wildman–Crippen LogP) is 4.22. The van der Waals surface area contributed by atoms with Gasteiger partial charge in [-0.15, -0.1) is 0 Å². The first kappa shape index (κ1) is 12.6. The molecule has 0 amide bonds. The van der Waals surface area contributed by atoms with Gasteiger partial charge in [0.25, 0.3) is 0 Å². The smallest absolute Gasteiger partial charge is 0.149 e. The van der Waals surface area contributed by atoms with Crippen molar-refractivity contribution in [2.24, 2.45) is 0 Å². The van der Waals surface area contributed by atoms with E-state index in [9.17, 15) is 4.57 Å². The molecule has 0 radical (unpaired) electrons. The van der Waals surface area contributed by atoms with Gasteiger partial charge in [-0.05, 0) is 6.26 Å². The molecule has 3 heteroatoms. The highest BCUT2D eigenvalue weighted by Gasteiger charge is 2.45. The molecule has 0 saturated heterocycles. The molecular weight excluding hydrogens is 187 g/mol. The standard InChI is InChI=1S/C9H21OPS/c1-8(2,3)11(10,12-7)9(4,5)6/h1-7H3. The molecule has 0 aliphatic rings. The van der Waals surface area contributed by atoms with Crippen molar-refractivity contribution in [3.63, 3.8) is 0 Å². The van der Waals surface area contributed by atoms with E-state index in [-0.39, 0.29) is 10.3 Å². The van der Waals surface area contributed by atoms with Crippen molar-refractivity contribution in [2.75, 3.05) is 6.26 Å². The van der Waals surface area contributed by atoms with Gasteiger partial charge in [0, 0.05) is 10.3 Å². The second-order valence-corrected chi connectivity index (χ2v) is 11.9. The highest BCUT2D eigenvalue weighted by Crippen LogP contribution is 2.74. The molecule has 0 aromatic carbocycles. The van der Waals surface area contributed by atoms with Crippen molar-refractivity contribution in [2.45, 2.75) is 51.9 Å². The maximum atomic E-state index is 12.6. The summed E-state index contributed by atoms with van der Waals surface area (Å²) in [7, 11) is 0. The summed E-state index contributed by atoms with van der Waals surface area (Å²) in [5.41, 5.74) is 0. The Morgan fingerprint density at radius 1 is 0.917 bits per heavy atom. The number of hydrogen-bond acceptors (Lipinski definition) is 2. The summed E-state index contributed by atoms with van der Waals surface area (Å²) in [6, 6.07) is 0. The fourth-order valence-corrected chi connectivity index (χ4v) is 7.95. The van der Waals surface area contributed by atoms with Crippen LogP contribution in [0, 0.1) is 0 Å². The van der Waals surface area contributed by atoms with Crippen molar-refractivity contribution in [1.82, 2.24) is 0 Å². The Morgan fingerprint density at radius 2 is 1.17 bits per heavy atom. The van der Waals surface area contributed by atoms with E-state index in [1.807, 2.05) is 6.26 Å². The molecular formula is C9H21OPS. The lowest BCUT2D eigenvalue weighted by atomic mass is 10.2. The average molecular weight is 208 g/mol. The third-order valence-corrected chi connectivity index (χ3v) is 10.9. The largest absolute Gasteiger partial charge is 0.311 e. The lowest BCUT2D eigenvalue weighted by Crippen LogP contribution is -2.26. The summed E-state index contributed by atoms with van der Waals surface area (Å²) >= 11 is 1.54. The summed E-state index contributed by atoms with van der Waals surface area (Å²) < 4.78 is 12.6. The Hall–Kier alpha value is 0.580. The highest BCUT2D eigenvalue weighted by atomic mass is 32.7. The SMILES string of the molecule is CSP(=O)(C(C)(C)C)C(C)(C)C. The monoisotopic (exact) mass is 208 g/mol. The summed E-state index contributed by atoms with van der Waals surface area (Å²) in [4.78, 5) is 0. The summed E-state index contributed by atoms with van der Waals surface area (Å²) in [6.07, 6.45) is -0.196. The molecule has 12 heavy (non-hydrogen) atoms. The Balaban J connectivity index is 5.11. The minimum absolute atomic E-state index is 0.0926. The first-order chi connectivity index (χ1) is 5.06. The van der Waals surface area contributed by atoms with E-state index >= 15 is 0 Å². The molecule has 0 heterocycles. The van der Waals surface area contributed by atoms with E-state index in [1.54, 1.807) is 11.4 Å². The minimum atomic E-state index is -2.15.